The standard InChI is InChI=1S/C15H22Cl2N2O2/c1-18-4-2-13(3-5-18)19(6-7-20)10-11-8-12(16)9-14(17)15(11)21/h8-9,13,20-21H,2-7,10H2,1H3. The van der Waals surface area contributed by atoms with Gasteiger partial charge in [-0.05, 0) is 45.1 Å². The first-order chi connectivity index (χ1) is 10.0. The molecule has 0 spiro atoms. The Labute approximate surface area is 135 Å². The van der Waals surface area contributed by atoms with Crippen molar-refractivity contribution in [1.29, 1.82) is 0 Å². The fourth-order valence-electron chi connectivity index (χ4n) is 2.84. The molecule has 6 heteroatoms. The number of phenolic OH excluding ortho intramolecular Hbond substituents is 1. The zero-order valence-corrected chi connectivity index (χ0v) is 13.7. The molecule has 1 aliphatic heterocycles. The van der Waals surface area contributed by atoms with Gasteiger partial charge in [0.15, 0.2) is 0 Å². The van der Waals surface area contributed by atoms with Gasteiger partial charge in [0.2, 0.25) is 0 Å². The summed E-state index contributed by atoms with van der Waals surface area (Å²) in [5.74, 6) is 0.0805. The van der Waals surface area contributed by atoms with Gasteiger partial charge in [-0.15, -0.1) is 0 Å². The Bertz CT molecular complexity index is 477. The summed E-state index contributed by atoms with van der Waals surface area (Å²) in [6, 6.07) is 3.68. The lowest BCUT2D eigenvalue weighted by Crippen LogP contribution is -2.44. The summed E-state index contributed by atoms with van der Waals surface area (Å²) < 4.78 is 0. The highest BCUT2D eigenvalue weighted by Crippen LogP contribution is 2.32. The topological polar surface area (TPSA) is 46.9 Å². The van der Waals surface area contributed by atoms with Crippen LogP contribution in [0.3, 0.4) is 0 Å². The third-order valence-corrected chi connectivity index (χ3v) is 4.58. The first-order valence-electron chi connectivity index (χ1n) is 7.21. The van der Waals surface area contributed by atoms with Crippen LogP contribution in [0.15, 0.2) is 12.1 Å². The number of likely N-dealkylation sites (tertiary alicyclic amines) is 1. The number of aliphatic hydroxyl groups excluding tert-OH is 1. The highest BCUT2D eigenvalue weighted by molar-refractivity contribution is 6.35. The normalized spacial score (nSPS) is 17.6. The second-order valence-corrected chi connectivity index (χ2v) is 6.47. The molecule has 1 aliphatic rings. The summed E-state index contributed by atoms with van der Waals surface area (Å²) in [5, 5.41) is 20.2. The van der Waals surface area contributed by atoms with E-state index in [4.69, 9.17) is 23.2 Å². The van der Waals surface area contributed by atoms with Crippen LogP contribution in [0.2, 0.25) is 10.0 Å². The molecule has 0 unspecified atom stereocenters. The Balaban J connectivity index is 2.12. The molecule has 1 fully saturated rings. The van der Waals surface area contributed by atoms with Gasteiger partial charge in [-0.2, -0.15) is 0 Å². The molecule has 0 bridgehead atoms. The molecular weight excluding hydrogens is 311 g/mol. The van der Waals surface area contributed by atoms with Crippen LogP contribution in [0.1, 0.15) is 18.4 Å². The number of hydrogen-bond donors (Lipinski definition) is 2. The maximum Gasteiger partial charge on any atom is 0.138 e. The van der Waals surface area contributed by atoms with Crippen LogP contribution < -0.4 is 0 Å². The molecule has 4 nitrogen and oxygen atoms in total. The number of aromatic hydroxyl groups is 1. The molecule has 0 amide bonds. The molecule has 21 heavy (non-hydrogen) atoms. The minimum Gasteiger partial charge on any atom is -0.506 e. The predicted octanol–water partition coefficient (Wildman–Crippen LogP) is 2.59. The van der Waals surface area contributed by atoms with E-state index in [1.54, 1.807) is 6.07 Å². The zero-order chi connectivity index (χ0) is 15.4. The second kappa shape index (κ2) is 7.65. The molecule has 2 N–H and O–H groups in total. The Morgan fingerprint density at radius 2 is 1.95 bits per heavy atom. The summed E-state index contributed by atoms with van der Waals surface area (Å²) in [5.41, 5.74) is 0.708. The molecule has 1 aromatic carbocycles. The molecule has 0 saturated carbocycles. The smallest absolute Gasteiger partial charge is 0.138 e. The molecular formula is C15H22Cl2N2O2. The predicted molar refractivity (Wildman–Crippen MR) is 86.1 cm³/mol. The van der Waals surface area contributed by atoms with E-state index < -0.39 is 0 Å². The van der Waals surface area contributed by atoms with E-state index in [-0.39, 0.29) is 17.4 Å². The number of hydrogen-bond acceptors (Lipinski definition) is 4. The number of benzene rings is 1. The maximum absolute atomic E-state index is 10.1. The van der Waals surface area contributed by atoms with E-state index in [9.17, 15) is 10.2 Å². The van der Waals surface area contributed by atoms with Crippen molar-refractivity contribution < 1.29 is 10.2 Å². The van der Waals surface area contributed by atoms with E-state index in [0.29, 0.717) is 29.7 Å². The summed E-state index contributed by atoms with van der Waals surface area (Å²) in [6.45, 7) is 3.32. The van der Waals surface area contributed by atoms with Crippen molar-refractivity contribution in [3.63, 3.8) is 0 Å². The molecule has 118 valence electrons. The van der Waals surface area contributed by atoms with Crippen LogP contribution in [0, 0.1) is 0 Å². The molecule has 2 rings (SSSR count). The van der Waals surface area contributed by atoms with Crippen molar-refractivity contribution in [3.8, 4) is 5.75 Å². The van der Waals surface area contributed by atoms with Crippen LogP contribution in [-0.4, -0.2) is 59.3 Å². The Morgan fingerprint density at radius 3 is 2.57 bits per heavy atom. The van der Waals surface area contributed by atoms with Gasteiger partial charge in [0.25, 0.3) is 0 Å². The maximum atomic E-state index is 10.1. The van der Waals surface area contributed by atoms with Crippen molar-refractivity contribution in [2.45, 2.75) is 25.4 Å². The van der Waals surface area contributed by atoms with E-state index in [0.717, 1.165) is 25.9 Å². The quantitative estimate of drug-likeness (QED) is 0.870. The van der Waals surface area contributed by atoms with Gasteiger partial charge >= 0.3 is 0 Å². The van der Waals surface area contributed by atoms with Crippen LogP contribution in [0.4, 0.5) is 0 Å². The van der Waals surface area contributed by atoms with Gasteiger partial charge in [0.05, 0.1) is 11.6 Å². The lowest BCUT2D eigenvalue weighted by molar-refractivity contribution is 0.0934. The molecule has 1 aromatic rings. The van der Waals surface area contributed by atoms with Crippen LogP contribution in [0.5, 0.6) is 5.75 Å². The Hall–Kier alpha value is -0.520. The van der Waals surface area contributed by atoms with Gasteiger partial charge in [-0.1, -0.05) is 23.2 Å². The average Bonchev–Trinajstić information content (AvgIpc) is 2.44. The first kappa shape index (κ1) is 16.8. The van der Waals surface area contributed by atoms with Crippen molar-refractivity contribution in [2.75, 3.05) is 33.3 Å². The summed E-state index contributed by atoms with van der Waals surface area (Å²) >= 11 is 12.0. The molecule has 0 aromatic heterocycles. The first-order valence-corrected chi connectivity index (χ1v) is 7.97. The van der Waals surface area contributed by atoms with Gasteiger partial charge in [-0.25, -0.2) is 0 Å². The SMILES string of the molecule is CN1CCC(N(CCO)Cc2cc(Cl)cc(Cl)c2O)CC1. The third-order valence-electron chi connectivity index (χ3n) is 4.07. The van der Waals surface area contributed by atoms with Gasteiger partial charge in [0, 0.05) is 29.7 Å². The largest absolute Gasteiger partial charge is 0.506 e. The van der Waals surface area contributed by atoms with Gasteiger partial charge in [0.1, 0.15) is 5.75 Å². The lowest BCUT2D eigenvalue weighted by atomic mass is 10.0. The number of piperidine rings is 1. The molecule has 1 heterocycles. The van der Waals surface area contributed by atoms with Crippen molar-refractivity contribution >= 4 is 23.2 Å². The minimum absolute atomic E-state index is 0.0805. The summed E-state index contributed by atoms with van der Waals surface area (Å²) in [6.07, 6.45) is 2.12. The Morgan fingerprint density at radius 1 is 1.29 bits per heavy atom. The number of rotatable bonds is 5. The fraction of sp³-hybridized carbons (Fsp3) is 0.600. The Kier molecular flexibility index (Phi) is 6.14. The highest BCUT2D eigenvalue weighted by Gasteiger charge is 2.24. The average molecular weight is 333 g/mol. The fourth-order valence-corrected chi connectivity index (χ4v) is 3.37. The van der Waals surface area contributed by atoms with Crippen LogP contribution in [-0.2, 0) is 6.54 Å². The van der Waals surface area contributed by atoms with Crippen LogP contribution in [0.25, 0.3) is 0 Å². The summed E-state index contributed by atoms with van der Waals surface area (Å²) in [4.78, 5) is 4.51. The van der Waals surface area contributed by atoms with Gasteiger partial charge in [-0.3, -0.25) is 4.90 Å². The van der Waals surface area contributed by atoms with Crippen molar-refractivity contribution in [3.05, 3.63) is 27.7 Å². The number of aliphatic hydroxyl groups is 1. The summed E-state index contributed by atoms with van der Waals surface area (Å²) in [7, 11) is 2.12. The lowest BCUT2D eigenvalue weighted by Gasteiger charge is -2.37. The molecule has 0 atom stereocenters. The van der Waals surface area contributed by atoms with E-state index >= 15 is 0 Å². The second-order valence-electron chi connectivity index (χ2n) is 5.62. The van der Waals surface area contributed by atoms with Crippen molar-refractivity contribution in [1.82, 2.24) is 9.80 Å². The van der Waals surface area contributed by atoms with Crippen molar-refractivity contribution in [2.24, 2.45) is 0 Å². The van der Waals surface area contributed by atoms with E-state index in [1.807, 2.05) is 0 Å². The van der Waals surface area contributed by atoms with E-state index in [2.05, 4.69) is 16.8 Å². The van der Waals surface area contributed by atoms with Gasteiger partial charge < -0.3 is 15.1 Å². The number of halogens is 2. The number of nitrogens with zero attached hydrogens (tertiary/aromatic N) is 2. The molecule has 0 radical (unpaired) electrons. The molecule has 1 saturated heterocycles. The molecule has 0 aliphatic carbocycles. The zero-order valence-electron chi connectivity index (χ0n) is 12.2. The van der Waals surface area contributed by atoms with E-state index in [1.165, 1.54) is 6.07 Å². The third kappa shape index (κ3) is 4.47. The minimum atomic E-state index is 0.0805. The number of phenols is 1. The van der Waals surface area contributed by atoms with Crippen LogP contribution >= 0.6 is 23.2 Å². The monoisotopic (exact) mass is 332 g/mol. The highest BCUT2D eigenvalue weighted by atomic mass is 35.5.